The first kappa shape index (κ1) is 13.7. The van der Waals surface area contributed by atoms with Crippen LogP contribution in [0.4, 0.5) is 10.2 Å². The molecule has 0 bridgehead atoms. The monoisotopic (exact) mass is 279 g/mol. The molecule has 0 unspecified atom stereocenters. The Bertz CT molecular complexity index is 600. The third-order valence-corrected chi connectivity index (χ3v) is 2.79. The number of hydrogen-bond acceptors (Lipinski definition) is 3. The van der Waals surface area contributed by atoms with Crippen molar-refractivity contribution in [2.45, 2.75) is 26.2 Å². The fourth-order valence-electron chi connectivity index (χ4n) is 1.65. The van der Waals surface area contributed by atoms with E-state index in [2.05, 4.69) is 9.97 Å². The summed E-state index contributed by atoms with van der Waals surface area (Å²) in [6, 6.07) is 5.89. The topological polar surface area (TPSA) is 51.8 Å². The lowest BCUT2D eigenvalue weighted by atomic mass is 9.95. The second kappa shape index (κ2) is 4.78. The molecule has 0 aliphatic rings. The normalized spacial score (nSPS) is 11.6. The summed E-state index contributed by atoms with van der Waals surface area (Å²) in [5.41, 5.74) is 6.71. The molecule has 0 saturated carbocycles. The molecule has 0 saturated heterocycles. The van der Waals surface area contributed by atoms with Crippen LogP contribution in [-0.2, 0) is 5.41 Å². The Morgan fingerprint density at radius 2 is 1.79 bits per heavy atom. The number of halogens is 2. The molecule has 1 heterocycles. The van der Waals surface area contributed by atoms with E-state index >= 15 is 0 Å². The number of nitrogen functional groups attached to an aromatic ring is 1. The number of nitrogens with zero attached hydrogens (tertiary/aromatic N) is 2. The third-order valence-electron chi connectivity index (χ3n) is 2.58. The van der Waals surface area contributed by atoms with Gasteiger partial charge >= 0.3 is 0 Å². The molecule has 0 amide bonds. The zero-order chi connectivity index (χ0) is 14.2. The van der Waals surface area contributed by atoms with Gasteiger partial charge in [-0.15, -0.1) is 0 Å². The van der Waals surface area contributed by atoms with Gasteiger partial charge in [-0.2, -0.15) is 0 Å². The lowest BCUT2D eigenvalue weighted by Gasteiger charge is -2.17. The van der Waals surface area contributed by atoms with Crippen molar-refractivity contribution in [1.29, 1.82) is 0 Å². The van der Waals surface area contributed by atoms with Gasteiger partial charge in [-0.3, -0.25) is 0 Å². The Balaban J connectivity index is 2.59. The largest absolute Gasteiger partial charge is 0.384 e. The molecule has 0 aliphatic carbocycles. The first-order chi connectivity index (χ1) is 8.75. The van der Waals surface area contributed by atoms with E-state index in [4.69, 9.17) is 17.3 Å². The van der Waals surface area contributed by atoms with Crippen molar-refractivity contribution < 1.29 is 4.39 Å². The summed E-state index contributed by atoms with van der Waals surface area (Å²) < 4.78 is 13.4. The highest BCUT2D eigenvalue weighted by molar-refractivity contribution is 6.30. The molecule has 2 aromatic rings. The van der Waals surface area contributed by atoms with E-state index in [1.165, 1.54) is 12.1 Å². The average Bonchev–Trinajstić information content (AvgIpc) is 2.25. The van der Waals surface area contributed by atoms with Crippen LogP contribution in [0, 0.1) is 5.82 Å². The Morgan fingerprint density at radius 1 is 1.11 bits per heavy atom. The van der Waals surface area contributed by atoms with E-state index in [0.29, 0.717) is 27.9 Å². The number of rotatable bonds is 1. The number of anilines is 1. The molecule has 2 rings (SSSR count). The van der Waals surface area contributed by atoms with Gasteiger partial charge in [-0.25, -0.2) is 14.4 Å². The molecule has 0 fully saturated rings. The summed E-state index contributed by atoms with van der Waals surface area (Å²) in [5.74, 6) is 0.565. The molecule has 0 radical (unpaired) electrons. The van der Waals surface area contributed by atoms with E-state index in [1.807, 2.05) is 20.8 Å². The van der Waals surface area contributed by atoms with Gasteiger partial charge < -0.3 is 5.73 Å². The molecule has 2 N–H and O–H groups in total. The Kier molecular flexibility index (Phi) is 3.45. The number of nitrogens with two attached hydrogens (primary N) is 1. The van der Waals surface area contributed by atoms with E-state index in [9.17, 15) is 4.39 Å². The molecular formula is C14H15ClFN3. The predicted molar refractivity (Wildman–Crippen MR) is 75.5 cm³/mol. The molecule has 0 aliphatic heterocycles. The maximum absolute atomic E-state index is 13.4. The molecule has 5 heteroatoms. The maximum atomic E-state index is 13.4. The molecule has 1 aromatic carbocycles. The van der Waals surface area contributed by atoms with E-state index in [0.717, 1.165) is 0 Å². The van der Waals surface area contributed by atoms with Crippen LogP contribution in [0.3, 0.4) is 0 Å². The van der Waals surface area contributed by atoms with Crippen molar-refractivity contribution in [1.82, 2.24) is 9.97 Å². The van der Waals surface area contributed by atoms with Crippen LogP contribution in [0.5, 0.6) is 0 Å². The van der Waals surface area contributed by atoms with Gasteiger partial charge in [0.2, 0.25) is 0 Å². The summed E-state index contributed by atoms with van der Waals surface area (Å²) in [4.78, 5) is 8.66. The van der Waals surface area contributed by atoms with Gasteiger partial charge in [0.15, 0.2) is 0 Å². The van der Waals surface area contributed by atoms with Crippen molar-refractivity contribution >= 4 is 17.4 Å². The van der Waals surface area contributed by atoms with Crippen molar-refractivity contribution in [2.75, 3.05) is 5.73 Å². The Labute approximate surface area is 116 Å². The minimum Gasteiger partial charge on any atom is -0.384 e. The Hall–Kier alpha value is -1.68. The minimum absolute atomic E-state index is 0.235. The molecule has 1 aromatic heterocycles. The summed E-state index contributed by atoms with van der Waals surface area (Å²) in [7, 11) is 0. The van der Waals surface area contributed by atoms with E-state index in [1.54, 1.807) is 12.1 Å². The smallest absolute Gasteiger partial charge is 0.136 e. The zero-order valence-electron chi connectivity index (χ0n) is 11.0. The maximum Gasteiger partial charge on any atom is 0.136 e. The fraction of sp³-hybridized carbons (Fsp3) is 0.286. The van der Waals surface area contributed by atoms with Crippen molar-refractivity contribution in [2.24, 2.45) is 0 Å². The average molecular weight is 280 g/mol. The zero-order valence-corrected chi connectivity index (χ0v) is 11.8. The minimum atomic E-state index is -0.406. The first-order valence-corrected chi connectivity index (χ1v) is 6.25. The fourth-order valence-corrected chi connectivity index (χ4v) is 1.87. The van der Waals surface area contributed by atoms with Gasteiger partial charge in [0.25, 0.3) is 0 Å². The molecule has 0 atom stereocenters. The standard InChI is InChI=1S/C14H15ClFN3/c1-14(2,3)13-18-11(7-12(17)19-13)8-4-9(15)6-10(16)5-8/h4-7H,1-3H3,(H2,17,18,19). The number of hydrogen-bond donors (Lipinski definition) is 1. The number of aromatic nitrogens is 2. The first-order valence-electron chi connectivity index (χ1n) is 5.87. The van der Waals surface area contributed by atoms with Crippen LogP contribution < -0.4 is 5.73 Å². The summed E-state index contributed by atoms with van der Waals surface area (Å²) in [5, 5.41) is 0.324. The van der Waals surface area contributed by atoms with Gasteiger partial charge in [0.1, 0.15) is 17.5 Å². The SMILES string of the molecule is CC(C)(C)c1nc(N)cc(-c2cc(F)cc(Cl)c2)n1. The van der Waals surface area contributed by atoms with Gasteiger partial charge in [-0.1, -0.05) is 32.4 Å². The van der Waals surface area contributed by atoms with Crippen LogP contribution in [0.2, 0.25) is 5.02 Å². The quantitative estimate of drug-likeness (QED) is 0.863. The second-order valence-electron chi connectivity index (χ2n) is 5.41. The van der Waals surface area contributed by atoms with Crippen molar-refractivity contribution in [3.63, 3.8) is 0 Å². The van der Waals surface area contributed by atoms with Crippen molar-refractivity contribution in [3.05, 3.63) is 40.9 Å². The Morgan fingerprint density at radius 3 is 2.37 bits per heavy atom. The van der Waals surface area contributed by atoms with E-state index in [-0.39, 0.29) is 5.41 Å². The molecular weight excluding hydrogens is 265 g/mol. The van der Waals surface area contributed by atoms with Crippen LogP contribution in [-0.4, -0.2) is 9.97 Å². The molecule has 100 valence electrons. The summed E-state index contributed by atoms with van der Waals surface area (Å²) >= 11 is 5.85. The van der Waals surface area contributed by atoms with Gasteiger partial charge in [0, 0.05) is 22.1 Å². The summed E-state index contributed by atoms with van der Waals surface area (Å²) in [6.45, 7) is 5.97. The number of benzene rings is 1. The highest BCUT2D eigenvalue weighted by atomic mass is 35.5. The van der Waals surface area contributed by atoms with Crippen LogP contribution in [0.25, 0.3) is 11.3 Å². The molecule has 0 spiro atoms. The highest BCUT2D eigenvalue weighted by Gasteiger charge is 2.19. The van der Waals surface area contributed by atoms with Crippen LogP contribution >= 0.6 is 11.6 Å². The van der Waals surface area contributed by atoms with E-state index < -0.39 is 5.82 Å². The lowest BCUT2D eigenvalue weighted by molar-refractivity contribution is 0.547. The lowest BCUT2D eigenvalue weighted by Crippen LogP contribution is -2.17. The van der Waals surface area contributed by atoms with Crippen LogP contribution in [0.15, 0.2) is 24.3 Å². The third kappa shape index (κ3) is 3.20. The van der Waals surface area contributed by atoms with Gasteiger partial charge in [0.05, 0.1) is 5.69 Å². The summed E-state index contributed by atoms with van der Waals surface area (Å²) in [6.07, 6.45) is 0. The molecule has 19 heavy (non-hydrogen) atoms. The van der Waals surface area contributed by atoms with Crippen LogP contribution in [0.1, 0.15) is 26.6 Å². The van der Waals surface area contributed by atoms with Gasteiger partial charge in [-0.05, 0) is 18.2 Å². The highest BCUT2D eigenvalue weighted by Crippen LogP contribution is 2.27. The molecule has 3 nitrogen and oxygen atoms in total. The second-order valence-corrected chi connectivity index (χ2v) is 5.85. The predicted octanol–water partition coefficient (Wildman–Crippen LogP) is 3.82. The van der Waals surface area contributed by atoms with Crippen molar-refractivity contribution in [3.8, 4) is 11.3 Å².